The summed E-state index contributed by atoms with van der Waals surface area (Å²) in [6, 6.07) is 7.52. The summed E-state index contributed by atoms with van der Waals surface area (Å²) in [6.45, 7) is 0.816. The fourth-order valence-electron chi connectivity index (χ4n) is 3.72. The molecular formula is C21H20O9. The van der Waals surface area contributed by atoms with Gasteiger partial charge < -0.3 is 35.0 Å². The summed E-state index contributed by atoms with van der Waals surface area (Å²) in [7, 11) is 0. The predicted octanol–water partition coefficient (Wildman–Crippen LogP) is -0.345. The van der Waals surface area contributed by atoms with E-state index >= 15 is 0 Å². The summed E-state index contributed by atoms with van der Waals surface area (Å²) in [5.74, 6) is -1.48. The number of phenolic OH excluding ortho intramolecular Hbond substituents is 1. The van der Waals surface area contributed by atoms with E-state index in [9.17, 15) is 35.1 Å². The third-order valence-corrected chi connectivity index (χ3v) is 5.49. The third-order valence-electron chi connectivity index (χ3n) is 5.49. The minimum atomic E-state index is -1.67. The molecule has 1 aliphatic carbocycles. The van der Waals surface area contributed by atoms with Crippen molar-refractivity contribution in [3.8, 4) is 11.5 Å². The minimum Gasteiger partial charge on any atom is -0.507 e. The molecule has 1 heterocycles. The van der Waals surface area contributed by atoms with Crippen molar-refractivity contribution in [1.82, 2.24) is 0 Å². The number of fused-ring (bicyclic) bond motifs is 2. The second kappa shape index (κ2) is 7.46. The van der Waals surface area contributed by atoms with Gasteiger partial charge in [0, 0.05) is 22.3 Å². The molecule has 1 saturated heterocycles. The molecule has 4 rings (SSSR count). The number of benzene rings is 2. The second-order valence-electron chi connectivity index (χ2n) is 7.29. The zero-order valence-corrected chi connectivity index (χ0v) is 15.8. The van der Waals surface area contributed by atoms with Crippen LogP contribution in [0.15, 0.2) is 30.3 Å². The number of hydrogen-bond acceptors (Lipinski definition) is 9. The molecule has 9 nitrogen and oxygen atoms in total. The van der Waals surface area contributed by atoms with Gasteiger partial charge in [0.15, 0.2) is 11.6 Å². The number of phenols is 1. The van der Waals surface area contributed by atoms with Gasteiger partial charge in [0.05, 0.1) is 12.2 Å². The second-order valence-corrected chi connectivity index (χ2v) is 7.29. The average molecular weight is 416 g/mol. The summed E-state index contributed by atoms with van der Waals surface area (Å²) in [6.07, 6.45) is -7.56. The zero-order chi connectivity index (χ0) is 21.7. The molecule has 0 unspecified atom stereocenters. The maximum absolute atomic E-state index is 12.9. The summed E-state index contributed by atoms with van der Waals surface area (Å²) in [5, 5.41) is 49.9. The van der Waals surface area contributed by atoms with E-state index in [1.807, 2.05) is 0 Å². The molecule has 0 radical (unpaired) electrons. The van der Waals surface area contributed by atoms with E-state index in [2.05, 4.69) is 0 Å². The fraction of sp³-hybridized carbons (Fsp3) is 0.333. The summed E-state index contributed by atoms with van der Waals surface area (Å²) >= 11 is 0. The lowest BCUT2D eigenvalue weighted by Crippen LogP contribution is -2.60. The largest absolute Gasteiger partial charge is 0.507 e. The van der Waals surface area contributed by atoms with E-state index in [0.717, 1.165) is 0 Å². The number of ketones is 2. The third kappa shape index (κ3) is 2.99. The van der Waals surface area contributed by atoms with Crippen LogP contribution in [0, 0.1) is 6.92 Å². The van der Waals surface area contributed by atoms with Crippen molar-refractivity contribution in [2.75, 3.05) is 6.61 Å². The van der Waals surface area contributed by atoms with Crippen LogP contribution in [0.4, 0.5) is 0 Å². The van der Waals surface area contributed by atoms with E-state index in [1.54, 1.807) is 12.1 Å². The van der Waals surface area contributed by atoms with Crippen molar-refractivity contribution >= 4 is 11.6 Å². The van der Waals surface area contributed by atoms with Gasteiger partial charge in [0.1, 0.15) is 35.9 Å². The van der Waals surface area contributed by atoms with Crippen LogP contribution in [-0.4, -0.2) is 74.4 Å². The lowest BCUT2D eigenvalue weighted by atomic mass is 9.82. The Morgan fingerprint density at radius 3 is 2.23 bits per heavy atom. The van der Waals surface area contributed by atoms with Gasteiger partial charge in [-0.05, 0) is 13.0 Å². The van der Waals surface area contributed by atoms with Gasteiger partial charge in [-0.2, -0.15) is 0 Å². The average Bonchev–Trinajstić information content (AvgIpc) is 2.75. The van der Waals surface area contributed by atoms with E-state index < -0.39 is 54.6 Å². The molecule has 1 fully saturated rings. The fourth-order valence-corrected chi connectivity index (χ4v) is 3.72. The number of carbonyl (C=O) groups is 2. The molecule has 2 aliphatic rings. The van der Waals surface area contributed by atoms with Gasteiger partial charge in [-0.25, -0.2) is 0 Å². The summed E-state index contributed by atoms with van der Waals surface area (Å²) in [5.41, 5.74) is 0.286. The maximum Gasteiger partial charge on any atom is 0.229 e. The highest BCUT2D eigenvalue weighted by atomic mass is 16.7. The van der Waals surface area contributed by atoms with Crippen LogP contribution < -0.4 is 4.74 Å². The molecule has 0 bridgehead atoms. The highest BCUT2D eigenvalue weighted by Gasteiger charge is 2.45. The van der Waals surface area contributed by atoms with Crippen molar-refractivity contribution in [3.63, 3.8) is 0 Å². The Labute approximate surface area is 170 Å². The highest BCUT2D eigenvalue weighted by molar-refractivity contribution is 6.29. The molecule has 2 aromatic rings. The highest BCUT2D eigenvalue weighted by Crippen LogP contribution is 2.40. The molecule has 5 N–H and O–H groups in total. The topological polar surface area (TPSA) is 154 Å². The molecular weight excluding hydrogens is 396 g/mol. The molecule has 30 heavy (non-hydrogen) atoms. The van der Waals surface area contributed by atoms with Crippen LogP contribution >= 0.6 is 0 Å². The Morgan fingerprint density at radius 2 is 1.60 bits per heavy atom. The lowest BCUT2D eigenvalue weighted by molar-refractivity contribution is -0.277. The molecule has 0 aromatic heterocycles. The van der Waals surface area contributed by atoms with Crippen LogP contribution in [0.25, 0.3) is 0 Å². The molecule has 9 heteroatoms. The molecule has 158 valence electrons. The van der Waals surface area contributed by atoms with Crippen molar-refractivity contribution in [3.05, 3.63) is 58.1 Å². The Balaban J connectivity index is 1.74. The first kappa shape index (κ1) is 20.5. The number of rotatable bonds is 3. The molecule has 1 aliphatic heterocycles. The molecule has 0 saturated carbocycles. The van der Waals surface area contributed by atoms with Gasteiger partial charge in [0.25, 0.3) is 0 Å². The van der Waals surface area contributed by atoms with E-state index in [1.165, 1.54) is 25.1 Å². The first-order valence-electron chi connectivity index (χ1n) is 9.28. The van der Waals surface area contributed by atoms with Crippen molar-refractivity contribution < 1.29 is 44.6 Å². The van der Waals surface area contributed by atoms with Gasteiger partial charge in [-0.1, -0.05) is 24.3 Å². The standard InChI is InChI=1S/C21H20O9/c1-8-12(29-21-20(28)19(27)18(26)13(7-22)30-21)6-11-14(15(8)23)17(25)10-5-3-2-4-9(10)16(11)24/h2-6,13,18-23,26-28H,7H2,1H3/t13-,18-,19-,20+,21+/m0/s1. The van der Waals surface area contributed by atoms with Crippen molar-refractivity contribution in [2.24, 2.45) is 0 Å². The molecule has 0 spiro atoms. The monoisotopic (exact) mass is 416 g/mol. The van der Waals surface area contributed by atoms with Crippen molar-refractivity contribution in [1.29, 1.82) is 0 Å². The number of aliphatic hydroxyl groups excluding tert-OH is 4. The van der Waals surface area contributed by atoms with E-state index in [0.29, 0.717) is 0 Å². The zero-order valence-electron chi connectivity index (χ0n) is 15.8. The number of aromatic hydroxyl groups is 1. The smallest absolute Gasteiger partial charge is 0.229 e. The van der Waals surface area contributed by atoms with E-state index in [-0.39, 0.29) is 33.6 Å². The van der Waals surface area contributed by atoms with Gasteiger partial charge >= 0.3 is 0 Å². The normalized spacial score (nSPS) is 28.1. The SMILES string of the molecule is Cc1c(O[C@@H]2O[C@@H](CO)[C@H](O)[C@H](O)[C@H]2O)cc2c(c1O)C(=O)c1ccccc1C2=O. The first-order chi connectivity index (χ1) is 14.3. The van der Waals surface area contributed by atoms with Crippen molar-refractivity contribution in [2.45, 2.75) is 37.6 Å². The number of hydrogen-bond donors (Lipinski definition) is 5. The number of carbonyl (C=O) groups excluding carboxylic acids is 2. The molecule has 5 atom stereocenters. The Kier molecular flexibility index (Phi) is 5.08. The van der Waals surface area contributed by atoms with Gasteiger partial charge in [-0.3, -0.25) is 9.59 Å². The Bertz CT molecular complexity index is 1030. The molecule has 0 amide bonds. The van der Waals surface area contributed by atoms with Crippen LogP contribution in [0.5, 0.6) is 11.5 Å². The van der Waals surface area contributed by atoms with Crippen LogP contribution in [0.1, 0.15) is 37.4 Å². The summed E-state index contributed by atoms with van der Waals surface area (Å²) in [4.78, 5) is 25.7. The summed E-state index contributed by atoms with van der Waals surface area (Å²) < 4.78 is 10.9. The maximum atomic E-state index is 12.9. The molecule has 2 aromatic carbocycles. The Hall–Kier alpha value is -2.82. The van der Waals surface area contributed by atoms with E-state index in [4.69, 9.17) is 9.47 Å². The minimum absolute atomic E-state index is 0.0592. The van der Waals surface area contributed by atoms with Crippen LogP contribution in [0.2, 0.25) is 0 Å². The van der Waals surface area contributed by atoms with Gasteiger partial charge in [-0.15, -0.1) is 0 Å². The number of ether oxygens (including phenoxy) is 2. The first-order valence-corrected chi connectivity index (χ1v) is 9.28. The van der Waals surface area contributed by atoms with Crippen LogP contribution in [-0.2, 0) is 4.74 Å². The van der Waals surface area contributed by atoms with Crippen LogP contribution in [0.3, 0.4) is 0 Å². The number of aliphatic hydroxyl groups is 4. The Morgan fingerprint density at radius 1 is 0.967 bits per heavy atom. The lowest BCUT2D eigenvalue weighted by Gasteiger charge is -2.39. The quantitative estimate of drug-likeness (QED) is 0.386. The van der Waals surface area contributed by atoms with Gasteiger partial charge in [0.2, 0.25) is 6.29 Å². The predicted molar refractivity (Wildman–Crippen MR) is 101 cm³/mol.